The minimum absolute atomic E-state index is 0.148. The van der Waals surface area contributed by atoms with Gasteiger partial charge in [0.05, 0.1) is 11.4 Å². The number of amides is 1. The maximum Gasteiger partial charge on any atom is 0.285 e. The average Bonchev–Trinajstić information content (AvgIpc) is 3.37. The fourth-order valence-electron chi connectivity index (χ4n) is 4.85. The SMILES string of the molecule is Cc1nnc(N2C(=O)/C(=C/c3ccc(Cl)cc3)N=C2c2ccccc2)nc1/C=C\c1ccccc1-c1ccc(N(C)C)cc1. The van der Waals surface area contributed by atoms with Crippen LogP contribution in [0.2, 0.25) is 5.02 Å². The van der Waals surface area contributed by atoms with Gasteiger partial charge in [-0.1, -0.05) is 96.5 Å². The van der Waals surface area contributed by atoms with E-state index in [-0.39, 0.29) is 17.6 Å². The lowest BCUT2D eigenvalue weighted by molar-refractivity contribution is -0.113. The average molecular weight is 597 g/mol. The van der Waals surface area contributed by atoms with Crippen LogP contribution in [0.1, 0.15) is 28.1 Å². The molecule has 0 aliphatic carbocycles. The fourth-order valence-corrected chi connectivity index (χ4v) is 4.97. The summed E-state index contributed by atoms with van der Waals surface area (Å²) >= 11 is 6.06. The molecule has 0 unspecified atom stereocenters. The summed E-state index contributed by atoms with van der Waals surface area (Å²) in [6.07, 6.45) is 5.65. The third-order valence-electron chi connectivity index (χ3n) is 7.22. The van der Waals surface area contributed by atoms with Gasteiger partial charge in [-0.2, -0.15) is 0 Å². The van der Waals surface area contributed by atoms with Crippen LogP contribution in [0, 0.1) is 6.92 Å². The summed E-state index contributed by atoms with van der Waals surface area (Å²) in [6.45, 7) is 1.85. The van der Waals surface area contributed by atoms with Crippen molar-refractivity contribution in [3.8, 4) is 11.1 Å². The van der Waals surface area contributed by atoms with Crippen LogP contribution < -0.4 is 9.80 Å². The first-order valence-corrected chi connectivity index (χ1v) is 14.5. The number of carbonyl (C=O) groups is 1. The molecule has 6 rings (SSSR count). The minimum atomic E-state index is -0.342. The van der Waals surface area contributed by atoms with Crippen LogP contribution in [0.15, 0.2) is 114 Å². The standard InChI is InChI=1S/C36H29ClN6O/c1-24-32(22-17-26-9-7-8-12-31(26)27-15-20-30(21-16-27)42(2)3)39-36(41-40-24)43-34(28-10-5-4-6-11-28)38-33(35(43)44)23-25-13-18-29(37)19-14-25/h4-23H,1-3H3/b22-17-,33-23-. The number of nitrogens with zero attached hydrogens (tertiary/aromatic N) is 6. The molecule has 8 heteroatoms. The largest absolute Gasteiger partial charge is 0.378 e. The van der Waals surface area contributed by atoms with Crippen molar-refractivity contribution in [2.75, 3.05) is 23.9 Å². The molecular weight excluding hydrogens is 568 g/mol. The van der Waals surface area contributed by atoms with Gasteiger partial charge < -0.3 is 4.90 Å². The van der Waals surface area contributed by atoms with E-state index in [1.165, 1.54) is 4.90 Å². The van der Waals surface area contributed by atoms with E-state index < -0.39 is 0 Å². The maximum absolute atomic E-state index is 13.8. The number of anilines is 2. The molecule has 7 nitrogen and oxygen atoms in total. The molecule has 44 heavy (non-hydrogen) atoms. The van der Waals surface area contributed by atoms with Crippen LogP contribution in [0.4, 0.5) is 11.6 Å². The Morgan fingerprint density at radius 3 is 2.20 bits per heavy atom. The molecule has 0 N–H and O–H groups in total. The molecule has 4 aromatic carbocycles. The van der Waals surface area contributed by atoms with Crippen molar-refractivity contribution in [1.29, 1.82) is 0 Å². The zero-order chi connectivity index (χ0) is 30.6. The van der Waals surface area contributed by atoms with Gasteiger partial charge in [0.1, 0.15) is 5.70 Å². The topological polar surface area (TPSA) is 74.6 Å². The molecule has 0 radical (unpaired) electrons. The predicted octanol–water partition coefficient (Wildman–Crippen LogP) is 7.57. The highest BCUT2D eigenvalue weighted by atomic mass is 35.5. The van der Waals surface area contributed by atoms with Crippen molar-refractivity contribution in [3.05, 3.63) is 142 Å². The number of hydrogen-bond donors (Lipinski definition) is 0. The van der Waals surface area contributed by atoms with Crippen molar-refractivity contribution < 1.29 is 4.79 Å². The second-order valence-corrected chi connectivity index (χ2v) is 10.9. The number of aryl methyl sites for hydroxylation is 1. The Morgan fingerprint density at radius 1 is 0.773 bits per heavy atom. The van der Waals surface area contributed by atoms with Crippen molar-refractivity contribution in [3.63, 3.8) is 0 Å². The second kappa shape index (κ2) is 12.5. The van der Waals surface area contributed by atoms with Gasteiger partial charge in [-0.15, -0.1) is 10.2 Å². The van der Waals surface area contributed by atoms with Gasteiger partial charge in [-0.3, -0.25) is 4.79 Å². The number of benzene rings is 4. The molecule has 1 aliphatic heterocycles. The van der Waals surface area contributed by atoms with Crippen molar-refractivity contribution in [1.82, 2.24) is 15.2 Å². The number of rotatable bonds is 7. The first-order chi connectivity index (χ1) is 21.4. The van der Waals surface area contributed by atoms with Gasteiger partial charge in [0.2, 0.25) is 0 Å². The smallest absolute Gasteiger partial charge is 0.285 e. The van der Waals surface area contributed by atoms with Crippen LogP contribution in [0.3, 0.4) is 0 Å². The quantitative estimate of drug-likeness (QED) is 0.181. The summed E-state index contributed by atoms with van der Waals surface area (Å²) in [7, 11) is 4.05. The number of aliphatic imine (C=N–C) groups is 1. The third kappa shape index (κ3) is 6.04. The van der Waals surface area contributed by atoms with Gasteiger partial charge in [-0.05, 0) is 65.6 Å². The molecule has 1 aromatic heterocycles. The fraction of sp³-hybridized carbons (Fsp3) is 0.0833. The number of carbonyl (C=O) groups excluding carboxylic acids is 1. The summed E-state index contributed by atoms with van der Waals surface area (Å²) in [4.78, 5) is 26.8. The highest BCUT2D eigenvalue weighted by Crippen LogP contribution is 2.29. The molecule has 216 valence electrons. The van der Waals surface area contributed by atoms with Gasteiger partial charge in [-0.25, -0.2) is 14.9 Å². The Kier molecular flexibility index (Phi) is 8.12. The Labute approximate surface area is 261 Å². The van der Waals surface area contributed by atoms with Crippen LogP contribution in [-0.2, 0) is 4.79 Å². The van der Waals surface area contributed by atoms with E-state index in [4.69, 9.17) is 21.6 Å². The second-order valence-electron chi connectivity index (χ2n) is 10.5. The Hall–Kier alpha value is -5.40. The lowest BCUT2D eigenvalue weighted by Crippen LogP contribution is -2.34. The zero-order valence-electron chi connectivity index (χ0n) is 24.5. The van der Waals surface area contributed by atoms with Crippen LogP contribution >= 0.6 is 11.6 Å². The van der Waals surface area contributed by atoms with E-state index >= 15 is 0 Å². The lowest BCUT2D eigenvalue weighted by Gasteiger charge is -2.16. The highest BCUT2D eigenvalue weighted by Gasteiger charge is 2.35. The molecule has 1 amide bonds. The normalized spacial score (nSPS) is 14.0. The van der Waals surface area contributed by atoms with Crippen LogP contribution in [0.25, 0.3) is 29.4 Å². The van der Waals surface area contributed by atoms with Gasteiger partial charge in [0, 0.05) is 30.4 Å². The predicted molar refractivity (Wildman–Crippen MR) is 180 cm³/mol. The van der Waals surface area contributed by atoms with E-state index in [2.05, 4.69) is 51.5 Å². The minimum Gasteiger partial charge on any atom is -0.378 e. The molecule has 1 aliphatic rings. The monoisotopic (exact) mass is 596 g/mol. The van der Waals surface area contributed by atoms with Crippen LogP contribution in [0.5, 0.6) is 0 Å². The van der Waals surface area contributed by atoms with Crippen molar-refractivity contribution in [2.24, 2.45) is 4.99 Å². The molecule has 0 atom stereocenters. The van der Waals surface area contributed by atoms with E-state index in [0.717, 1.165) is 33.5 Å². The van der Waals surface area contributed by atoms with Gasteiger partial charge >= 0.3 is 0 Å². The molecule has 0 bridgehead atoms. The molecule has 0 saturated heterocycles. The van der Waals surface area contributed by atoms with Crippen molar-refractivity contribution >= 4 is 53.2 Å². The van der Waals surface area contributed by atoms with E-state index in [1.54, 1.807) is 18.2 Å². The summed E-state index contributed by atoms with van der Waals surface area (Å²) in [5.41, 5.74) is 7.44. The molecule has 0 spiro atoms. The van der Waals surface area contributed by atoms with Crippen molar-refractivity contribution in [2.45, 2.75) is 6.92 Å². The number of amidine groups is 1. The molecule has 5 aromatic rings. The summed E-state index contributed by atoms with van der Waals surface area (Å²) in [6, 6.07) is 33.4. The summed E-state index contributed by atoms with van der Waals surface area (Å²) in [5, 5.41) is 9.31. The molecular formula is C36H29ClN6O. The number of hydrogen-bond acceptors (Lipinski definition) is 6. The molecule has 2 heterocycles. The Bertz CT molecular complexity index is 1910. The van der Waals surface area contributed by atoms with E-state index in [1.807, 2.05) is 87.8 Å². The van der Waals surface area contributed by atoms with E-state index in [9.17, 15) is 4.79 Å². The molecule has 0 fully saturated rings. The first kappa shape index (κ1) is 28.7. The highest BCUT2D eigenvalue weighted by molar-refractivity contribution is 6.32. The van der Waals surface area contributed by atoms with E-state index in [0.29, 0.717) is 22.2 Å². The summed E-state index contributed by atoms with van der Waals surface area (Å²) < 4.78 is 0. The first-order valence-electron chi connectivity index (χ1n) is 14.1. The van der Waals surface area contributed by atoms with Gasteiger partial charge in [0.15, 0.2) is 5.84 Å². The lowest BCUT2D eigenvalue weighted by atomic mass is 9.99. The van der Waals surface area contributed by atoms with Gasteiger partial charge in [0.25, 0.3) is 11.9 Å². The zero-order valence-corrected chi connectivity index (χ0v) is 25.3. The maximum atomic E-state index is 13.8. The third-order valence-corrected chi connectivity index (χ3v) is 7.47. The number of aromatic nitrogens is 3. The summed E-state index contributed by atoms with van der Waals surface area (Å²) in [5.74, 6) is 0.240. The molecule has 0 saturated carbocycles. The Morgan fingerprint density at radius 2 is 1.48 bits per heavy atom. The van der Waals surface area contributed by atoms with Crippen LogP contribution in [-0.4, -0.2) is 41.0 Å². The number of halogens is 1. The Balaban J connectivity index is 1.36.